The van der Waals surface area contributed by atoms with Crippen molar-refractivity contribution in [3.8, 4) is 0 Å². The highest BCUT2D eigenvalue weighted by atomic mass is 19.1. The van der Waals surface area contributed by atoms with Gasteiger partial charge in [-0.25, -0.2) is 9.38 Å². The summed E-state index contributed by atoms with van der Waals surface area (Å²) in [6.07, 6.45) is 3.37. The lowest BCUT2D eigenvalue weighted by atomic mass is 9.90. The Hall–Kier alpha value is -3.31. The molecule has 5 rings (SSSR count). The SMILES string of the molecule is O=C1C(=Nc2cccc(F)c2)c2ccccc2N1CN1CCC(Cc2ccccc2)CC1. The van der Waals surface area contributed by atoms with E-state index in [4.69, 9.17) is 0 Å². The molecule has 0 spiro atoms. The van der Waals surface area contributed by atoms with E-state index in [9.17, 15) is 9.18 Å². The number of fused-ring (bicyclic) bond motifs is 1. The molecular formula is C27H26FN3O. The molecule has 0 bridgehead atoms. The number of para-hydroxylation sites is 1. The molecule has 0 aliphatic carbocycles. The third-order valence-corrected chi connectivity index (χ3v) is 6.36. The number of hydrogen-bond acceptors (Lipinski definition) is 3. The zero-order chi connectivity index (χ0) is 21.9. The second-order valence-corrected chi connectivity index (χ2v) is 8.58. The van der Waals surface area contributed by atoms with Gasteiger partial charge in [0.25, 0.3) is 5.91 Å². The number of halogens is 1. The van der Waals surface area contributed by atoms with E-state index in [1.54, 1.807) is 12.1 Å². The molecule has 32 heavy (non-hydrogen) atoms. The molecule has 0 radical (unpaired) electrons. The minimum absolute atomic E-state index is 0.123. The zero-order valence-corrected chi connectivity index (χ0v) is 18.0. The normalized spacial score (nSPS) is 18.3. The Morgan fingerprint density at radius 2 is 1.66 bits per heavy atom. The van der Waals surface area contributed by atoms with Gasteiger partial charge < -0.3 is 0 Å². The van der Waals surface area contributed by atoms with Crippen molar-refractivity contribution in [2.24, 2.45) is 10.9 Å². The number of benzene rings is 3. The van der Waals surface area contributed by atoms with Gasteiger partial charge in [0.2, 0.25) is 0 Å². The molecule has 2 aliphatic heterocycles. The van der Waals surface area contributed by atoms with E-state index in [2.05, 4.69) is 40.2 Å². The smallest absolute Gasteiger partial charge is 0.278 e. The summed E-state index contributed by atoms with van der Waals surface area (Å²) in [5, 5.41) is 0. The van der Waals surface area contributed by atoms with Gasteiger partial charge in [-0.2, -0.15) is 0 Å². The number of carbonyl (C=O) groups excluding carboxylic acids is 1. The molecule has 1 saturated heterocycles. The van der Waals surface area contributed by atoms with Gasteiger partial charge in [0, 0.05) is 18.7 Å². The molecule has 4 nitrogen and oxygen atoms in total. The molecule has 1 fully saturated rings. The van der Waals surface area contributed by atoms with Crippen molar-refractivity contribution in [3.63, 3.8) is 0 Å². The van der Waals surface area contributed by atoms with E-state index >= 15 is 0 Å². The number of rotatable bonds is 5. The molecule has 3 aromatic rings. The second kappa shape index (κ2) is 9.05. The summed E-state index contributed by atoms with van der Waals surface area (Å²) < 4.78 is 13.6. The van der Waals surface area contributed by atoms with Gasteiger partial charge in [-0.05, 0) is 55.0 Å². The fourth-order valence-electron chi connectivity index (χ4n) is 4.66. The molecule has 0 saturated carbocycles. The van der Waals surface area contributed by atoms with Crippen molar-refractivity contribution < 1.29 is 9.18 Å². The van der Waals surface area contributed by atoms with Crippen LogP contribution >= 0.6 is 0 Å². The molecule has 0 atom stereocenters. The average Bonchev–Trinajstić information content (AvgIpc) is 3.07. The monoisotopic (exact) mass is 427 g/mol. The molecule has 1 amide bonds. The number of aliphatic imine (C=N–C) groups is 1. The van der Waals surface area contributed by atoms with E-state index in [1.807, 2.05) is 29.2 Å². The van der Waals surface area contributed by atoms with Gasteiger partial charge >= 0.3 is 0 Å². The number of amides is 1. The zero-order valence-electron chi connectivity index (χ0n) is 18.0. The second-order valence-electron chi connectivity index (χ2n) is 8.58. The largest absolute Gasteiger partial charge is 0.293 e. The van der Waals surface area contributed by atoms with E-state index < -0.39 is 0 Å². The number of anilines is 1. The van der Waals surface area contributed by atoms with Crippen LogP contribution in [0.4, 0.5) is 15.8 Å². The summed E-state index contributed by atoms with van der Waals surface area (Å²) in [6, 6.07) is 24.4. The fourth-order valence-corrected chi connectivity index (χ4v) is 4.66. The van der Waals surface area contributed by atoms with Crippen molar-refractivity contribution in [3.05, 3.63) is 95.8 Å². The lowest BCUT2D eigenvalue weighted by Crippen LogP contribution is -2.44. The van der Waals surface area contributed by atoms with Gasteiger partial charge in [-0.15, -0.1) is 0 Å². The minimum atomic E-state index is -0.360. The maximum atomic E-state index is 13.6. The number of likely N-dealkylation sites (tertiary alicyclic amines) is 1. The standard InChI is InChI=1S/C27H26FN3O/c28-22-9-6-10-23(18-22)29-26-24-11-4-5-12-25(24)31(27(26)32)19-30-15-13-21(14-16-30)17-20-7-2-1-3-8-20/h1-12,18,21H,13-17,19H2. The summed E-state index contributed by atoms with van der Waals surface area (Å²) in [6.45, 7) is 2.50. The third-order valence-electron chi connectivity index (χ3n) is 6.36. The molecule has 0 N–H and O–H groups in total. The molecule has 0 aromatic heterocycles. The summed E-state index contributed by atoms with van der Waals surface area (Å²) in [7, 11) is 0. The predicted octanol–water partition coefficient (Wildman–Crippen LogP) is 5.21. The van der Waals surface area contributed by atoms with Crippen LogP contribution in [0.5, 0.6) is 0 Å². The molecule has 3 aromatic carbocycles. The summed E-state index contributed by atoms with van der Waals surface area (Å²) in [4.78, 5) is 22.0. The minimum Gasteiger partial charge on any atom is -0.293 e. The Labute approximate surface area is 188 Å². The van der Waals surface area contributed by atoms with Crippen molar-refractivity contribution >= 4 is 23.0 Å². The van der Waals surface area contributed by atoms with E-state index in [0.29, 0.717) is 24.0 Å². The van der Waals surface area contributed by atoms with Crippen LogP contribution in [-0.2, 0) is 11.2 Å². The molecule has 0 unspecified atom stereocenters. The molecule has 2 heterocycles. The van der Waals surface area contributed by atoms with Gasteiger partial charge in [-0.3, -0.25) is 14.6 Å². The molecule has 2 aliphatic rings. The van der Waals surface area contributed by atoms with Gasteiger partial charge in [-0.1, -0.05) is 54.6 Å². The fraction of sp³-hybridized carbons (Fsp3) is 0.259. The Bertz CT molecular complexity index is 1140. The van der Waals surface area contributed by atoms with Crippen LogP contribution in [0.3, 0.4) is 0 Å². The molecular weight excluding hydrogens is 401 g/mol. The lowest BCUT2D eigenvalue weighted by Gasteiger charge is -2.34. The van der Waals surface area contributed by atoms with Crippen molar-refractivity contribution in [1.82, 2.24) is 4.90 Å². The van der Waals surface area contributed by atoms with Crippen LogP contribution in [0.1, 0.15) is 24.0 Å². The van der Waals surface area contributed by atoms with Crippen LogP contribution in [-0.4, -0.2) is 36.3 Å². The van der Waals surface area contributed by atoms with Crippen LogP contribution in [0.2, 0.25) is 0 Å². The number of carbonyl (C=O) groups is 1. The highest BCUT2D eigenvalue weighted by molar-refractivity contribution is 6.54. The molecule has 5 heteroatoms. The number of nitrogens with zero attached hydrogens (tertiary/aromatic N) is 3. The highest BCUT2D eigenvalue weighted by Crippen LogP contribution is 2.32. The van der Waals surface area contributed by atoms with Crippen molar-refractivity contribution in [1.29, 1.82) is 0 Å². The maximum Gasteiger partial charge on any atom is 0.278 e. The lowest BCUT2D eigenvalue weighted by molar-refractivity contribution is -0.112. The van der Waals surface area contributed by atoms with Crippen LogP contribution in [0.15, 0.2) is 83.9 Å². The van der Waals surface area contributed by atoms with E-state index in [0.717, 1.165) is 43.6 Å². The molecule has 162 valence electrons. The van der Waals surface area contributed by atoms with Crippen molar-refractivity contribution in [2.75, 3.05) is 24.7 Å². The Balaban J connectivity index is 1.29. The first-order chi connectivity index (χ1) is 15.7. The summed E-state index contributed by atoms with van der Waals surface area (Å²) >= 11 is 0. The number of hydrogen-bond donors (Lipinski definition) is 0. The average molecular weight is 428 g/mol. The predicted molar refractivity (Wildman–Crippen MR) is 126 cm³/mol. The Morgan fingerprint density at radius 3 is 2.44 bits per heavy atom. The Kier molecular flexibility index (Phi) is 5.82. The summed E-state index contributed by atoms with van der Waals surface area (Å²) in [5.74, 6) is 0.197. The first kappa shape index (κ1) is 20.6. The maximum absolute atomic E-state index is 13.6. The highest BCUT2D eigenvalue weighted by Gasteiger charge is 2.35. The van der Waals surface area contributed by atoms with Crippen molar-refractivity contribution in [2.45, 2.75) is 19.3 Å². The number of piperidine rings is 1. The van der Waals surface area contributed by atoms with E-state index in [-0.39, 0.29) is 11.7 Å². The van der Waals surface area contributed by atoms with Gasteiger partial charge in [0.1, 0.15) is 11.5 Å². The van der Waals surface area contributed by atoms with Gasteiger partial charge in [0.05, 0.1) is 18.0 Å². The van der Waals surface area contributed by atoms with Gasteiger partial charge in [0.15, 0.2) is 0 Å². The first-order valence-electron chi connectivity index (χ1n) is 11.2. The van der Waals surface area contributed by atoms with Crippen LogP contribution in [0, 0.1) is 11.7 Å². The topological polar surface area (TPSA) is 35.9 Å². The van der Waals surface area contributed by atoms with E-state index in [1.165, 1.54) is 17.7 Å². The van der Waals surface area contributed by atoms with Crippen LogP contribution in [0.25, 0.3) is 0 Å². The van der Waals surface area contributed by atoms with Crippen LogP contribution < -0.4 is 4.90 Å². The first-order valence-corrected chi connectivity index (χ1v) is 11.2. The Morgan fingerprint density at radius 1 is 0.906 bits per heavy atom. The third kappa shape index (κ3) is 4.34. The quantitative estimate of drug-likeness (QED) is 0.561. The summed E-state index contributed by atoms with van der Waals surface area (Å²) in [5.41, 5.74) is 3.91.